The van der Waals surface area contributed by atoms with Crippen molar-refractivity contribution in [1.82, 2.24) is 0 Å². The minimum Gasteiger partial charge on any atom is -0.497 e. The summed E-state index contributed by atoms with van der Waals surface area (Å²) in [5, 5.41) is 5.53. The van der Waals surface area contributed by atoms with Crippen LogP contribution in [0.4, 0.5) is 11.4 Å². The first-order chi connectivity index (χ1) is 13.0. The third-order valence-corrected chi connectivity index (χ3v) is 3.99. The van der Waals surface area contributed by atoms with Gasteiger partial charge in [0, 0.05) is 36.2 Å². The highest BCUT2D eigenvalue weighted by Gasteiger charge is 2.08. The van der Waals surface area contributed by atoms with Gasteiger partial charge < -0.3 is 15.4 Å². The predicted octanol–water partition coefficient (Wildman–Crippen LogP) is 4.04. The standard InChI is InChI=1S/C21H24N2O4/c1-3-20(25)22-16-9-11-17(12-10-16)23-21(26)6-4-5-19(24)15-7-13-18(27-2)14-8-15/h7-14H,3-6H2,1-2H3,(H,22,25)(H,23,26). The zero-order chi connectivity index (χ0) is 19.6. The Kier molecular flexibility index (Phi) is 7.55. The zero-order valence-corrected chi connectivity index (χ0v) is 15.6. The van der Waals surface area contributed by atoms with Crippen LogP contribution in [0.15, 0.2) is 48.5 Å². The fourth-order valence-electron chi connectivity index (χ4n) is 2.44. The molecule has 0 aromatic heterocycles. The molecule has 6 nitrogen and oxygen atoms in total. The molecule has 0 saturated heterocycles. The summed E-state index contributed by atoms with van der Waals surface area (Å²) in [5.41, 5.74) is 1.95. The molecule has 0 fully saturated rings. The van der Waals surface area contributed by atoms with Gasteiger partial charge in [0.2, 0.25) is 11.8 Å². The molecule has 0 aliphatic heterocycles. The highest BCUT2D eigenvalue weighted by Crippen LogP contribution is 2.16. The van der Waals surface area contributed by atoms with Gasteiger partial charge in [0.25, 0.3) is 0 Å². The van der Waals surface area contributed by atoms with Crippen LogP contribution < -0.4 is 15.4 Å². The molecular formula is C21H24N2O4. The molecular weight excluding hydrogens is 344 g/mol. The molecule has 2 aromatic rings. The molecule has 2 aromatic carbocycles. The van der Waals surface area contributed by atoms with Gasteiger partial charge in [-0.05, 0) is 55.0 Å². The van der Waals surface area contributed by atoms with Crippen LogP contribution in [0.1, 0.15) is 43.0 Å². The van der Waals surface area contributed by atoms with Crippen LogP contribution in [-0.2, 0) is 9.59 Å². The Hall–Kier alpha value is -3.15. The number of carbonyl (C=O) groups excluding carboxylic acids is 3. The van der Waals surface area contributed by atoms with E-state index in [0.717, 1.165) is 0 Å². The number of rotatable bonds is 9. The first-order valence-electron chi connectivity index (χ1n) is 8.89. The molecule has 0 aliphatic rings. The largest absolute Gasteiger partial charge is 0.497 e. The average Bonchev–Trinajstić information content (AvgIpc) is 2.69. The van der Waals surface area contributed by atoms with E-state index in [2.05, 4.69) is 10.6 Å². The van der Waals surface area contributed by atoms with Crippen molar-refractivity contribution in [3.8, 4) is 5.75 Å². The lowest BCUT2D eigenvalue weighted by Crippen LogP contribution is -2.12. The average molecular weight is 368 g/mol. The van der Waals surface area contributed by atoms with Crippen molar-refractivity contribution in [3.63, 3.8) is 0 Å². The number of nitrogens with one attached hydrogen (secondary N) is 2. The fourth-order valence-corrected chi connectivity index (χ4v) is 2.44. The fraction of sp³-hybridized carbons (Fsp3) is 0.286. The summed E-state index contributed by atoms with van der Waals surface area (Å²) in [4.78, 5) is 35.5. The van der Waals surface area contributed by atoms with Crippen LogP contribution >= 0.6 is 0 Å². The molecule has 0 saturated carbocycles. The van der Waals surface area contributed by atoms with Crippen molar-refractivity contribution in [2.45, 2.75) is 32.6 Å². The Bertz CT molecular complexity index is 783. The molecule has 0 atom stereocenters. The van der Waals surface area contributed by atoms with E-state index in [9.17, 15) is 14.4 Å². The molecule has 0 radical (unpaired) electrons. The number of hydrogen-bond donors (Lipinski definition) is 2. The van der Waals surface area contributed by atoms with Gasteiger partial charge in [0.15, 0.2) is 5.78 Å². The van der Waals surface area contributed by atoms with E-state index >= 15 is 0 Å². The molecule has 2 rings (SSSR count). The van der Waals surface area contributed by atoms with E-state index in [1.807, 2.05) is 0 Å². The number of carbonyl (C=O) groups is 3. The van der Waals surface area contributed by atoms with Gasteiger partial charge in [-0.1, -0.05) is 6.92 Å². The Balaban J connectivity index is 1.75. The van der Waals surface area contributed by atoms with Crippen molar-refractivity contribution in [2.75, 3.05) is 17.7 Å². The number of amides is 2. The summed E-state index contributed by atoms with van der Waals surface area (Å²) >= 11 is 0. The molecule has 2 N–H and O–H groups in total. The van der Waals surface area contributed by atoms with E-state index in [1.54, 1.807) is 62.6 Å². The summed E-state index contributed by atoms with van der Waals surface area (Å²) in [6.07, 6.45) is 1.45. The van der Waals surface area contributed by atoms with Gasteiger partial charge in [0.1, 0.15) is 5.75 Å². The van der Waals surface area contributed by atoms with E-state index in [0.29, 0.717) is 42.0 Å². The molecule has 6 heteroatoms. The second kappa shape index (κ2) is 10.1. The molecule has 0 unspecified atom stereocenters. The minimum absolute atomic E-state index is 0.00136. The molecule has 0 aliphatic carbocycles. The second-order valence-electron chi connectivity index (χ2n) is 6.03. The summed E-state index contributed by atoms with van der Waals surface area (Å²) in [7, 11) is 1.57. The van der Waals surface area contributed by atoms with Crippen molar-refractivity contribution in [1.29, 1.82) is 0 Å². The lowest BCUT2D eigenvalue weighted by Gasteiger charge is -2.07. The first kappa shape index (κ1) is 20.2. The zero-order valence-electron chi connectivity index (χ0n) is 15.6. The first-order valence-corrected chi connectivity index (χ1v) is 8.89. The van der Waals surface area contributed by atoms with Crippen LogP contribution in [0.5, 0.6) is 5.75 Å². The number of methoxy groups -OCH3 is 1. The normalized spacial score (nSPS) is 10.1. The maximum absolute atomic E-state index is 12.1. The lowest BCUT2D eigenvalue weighted by atomic mass is 10.1. The Morgan fingerprint density at radius 2 is 1.37 bits per heavy atom. The Labute approximate surface area is 158 Å². The van der Waals surface area contributed by atoms with Gasteiger partial charge >= 0.3 is 0 Å². The van der Waals surface area contributed by atoms with Gasteiger partial charge in [-0.2, -0.15) is 0 Å². The minimum atomic E-state index is -0.150. The van der Waals surface area contributed by atoms with Gasteiger partial charge in [-0.25, -0.2) is 0 Å². The molecule has 27 heavy (non-hydrogen) atoms. The van der Waals surface area contributed by atoms with E-state index < -0.39 is 0 Å². The summed E-state index contributed by atoms with van der Waals surface area (Å²) in [5.74, 6) is 0.490. The second-order valence-corrected chi connectivity index (χ2v) is 6.03. The number of benzene rings is 2. The summed E-state index contributed by atoms with van der Waals surface area (Å²) < 4.78 is 5.07. The monoisotopic (exact) mass is 368 g/mol. The van der Waals surface area contributed by atoms with E-state index in [1.165, 1.54) is 0 Å². The predicted molar refractivity (Wildman–Crippen MR) is 105 cm³/mol. The third-order valence-electron chi connectivity index (χ3n) is 3.99. The van der Waals surface area contributed by atoms with Crippen LogP contribution in [0, 0.1) is 0 Å². The topological polar surface area (TPSA) is 84.5 Å². The highest BCUT2D eigenvalue weighted by atomic mass is 16.5. The van der Waals surface area contributed by atoms with E-state index in [4.69, 9.17) is 4.74 Å². The van der Waals surface area contributed by atoms with Crippen molar-refractivity contribution in [3.05, 3.63) is 54.1 Å². The number of anilines is 2. The highest BCUT2D eigenvalue weighted by molar-refractivity contribution is 5.97. The van der Waals surface area contributed by atoms with Crippen molar-refractivity contribution < 1.29 is 19.1 Å². The Morgan fingerprint density at radius 3 is 1.89 bits per heavy atom. The Morgan fingerprint density at radius 1 is 0.815 bits per heavy atom. The van der Waals surface area contributed by atoms with Crippen LogP contribution in [0.2, 0.25) is 0 Å². The third kappa shape index (κ3) is 6.58. The van der Waals surface area contributed by atoms with Gasteiger partial charge in [-0.15, -0.1) is 0 Å². The SMILES string of the molecule is CCC(=O)Nc1ccc(NC(=O)CCCC(=O)c2ccc(OC)cc2)cc1. The van der Waals surface area contributed by atoms with Crippen molar-refractivity contribution in [2.24, 2.45) is 0 Å². The smallest absolute Gasteiger partial charge is 0.224 e. The number of hydrogen-bond acceptors (Lipinski definition) is 4. The summed E-state index contributed by atoms with van der Waals surface area (Å²) in [6.45, 7) is 1.78. The maximum Gasteiger partial charge on any atom is 0.224 e. The van der Waals surface area contributed by atoms with Crippen LogP contribution in [-0.4, -0.2) is 24.7 Å². The van der Waals surface area contributed by atoms with Gasteiger partial charge in [-0.3, -0.25) is 14.4 Å². The molecule has 2 amide bonds. The number of ketones is 1. The molecule has 0 spiro atoms. The maximum atomic E-state index is 12.1. The van der Waals surface area contributed by atoms with E-state index in [-0.39, 0.29) is 24.0 Å². The van der Waals surface area contributed by atoms with Crippen LogP contribution in [0.25, 0.3) is 0 Å². The molecule has 142 valence electrons. The number of ether oxygens (including phenoxy) is 1. The quantitative estimate of drug-likeness (QED) is 0.654. The lowest BCUT2D eigenvalue weighted by molar-refractivity contribution is -0.116. The number of Topliss-reactive ketones (excluding diaryl/α,β-unsaturated/α-hetero) is 1. The van der Waals surface area contributed by atoms with Crippen molar-refractivity contribution >= 4 is 29.0 Å². The summed E-state index contributed by atoms with van der Waals surface area (Å²) in [6, 6.07) is 13.9. The van der Waals surface area contributed by atoms with Gasteiger partial charge in [0.05, 0.1) is 7.11 Å². The van der Waals surface area contributed by atoms with Crippen LogP contribution in [0.3, 0.4) is 0 Å². The molecule has 0 bridgehead atoms. The molecule has 0 heterocycles.